The summed E-state index contributed by atoms with van der Waals surface area (Å²) in [6.45, 7) is 3.59. The van der Waals surface area contributed by atoms with Crippen LogP contribution in [0.5, 0.6) is 0 Å². The Morgan fingerprint density at radius 2 is 2.12 bits per heavy atom. The Balaban J connectivity index is 2.07. The third-order valence-corrected chi connectivity index (χ3v) is 2.28. The molecule has 0 aliphatic carbocycles. The summed E-state index contributed by atoms with van der Waals surface area (Å²) in [5.74, 6) is 0.868. The van der Waals surface area contributed by atoms with E-state index in [1.54, 1.807) is 7.11 Å². The Morgan fingerprint density at radius 3 is 2.88 bits per heavy atom. The monoisotopic (exact) mass is 243 g/mol. The second kappa shape index (κ2) is 9.03. The van der Waals surface area contributed by atoms with E-state index in [0.717, 1.165) is 31.8 Å². The molecule has 0 saturated carbocycles. The standard InChI is InChI=1S/C10H21N5O2/c1-11-9-10-12-13-14-15(10)5-3-4-6-17-8-7-16-2/h11H,3-9H2,1-2H3. The van der Waals surface area contributed by atoms with Gasteiger partial charge in [0.15, 0.2) is 5.82 Å². The highest BCUT2D eigenvalue weighted by atomic mass is 16.5. The van der Waals surface area contributed by atoms with Gasteiger partial charge in [-0.25, -0.2) is 4.68 Å². The van der Waals surface area contributed by atoms with Gasteiger partial charge in [-0.15, -0.1) is 5.10 Å². The van der Waals surface area contributed by atoms with E-state index < -0.39 is 0 Å². The number of tetrazole rings is 1. The molecule has 0 radical (unpaired) electrons. The van der Waals surface area contributed by atoms with E-state index in [-0.39, 0.29) is 0 Å². The molecule has 1 aromatic rings. The number of hydrogen-bond acceptors (Lipinski definition) is 6. The fourth-order valence-electron chi connectivity index (χ4n) is 1.39. The number of nitrogens with zero attached hydrogens (tertiary/aromatic N) is 4. The first-order valence-electron chi connectivity index (χ1n) is 5.84. The summed E-state index contributed by atoms with van der Waals surface area (Å²) in [6, 6.07) is 0. The van der Waals surface area contributed by atoms with Gasteiger partial charge in [0.1, 0.15) is 0 Å². The van der Waals surface area contributed by atoms with E-state index in [2.05, 4.69) is 20.8 Å². The molecule has 0 amide bonds. The minimum Gasteiger partial charge on any atom is -0.382 e. The molecule has 7 heteroatoms. The third-order valence-electron chi connectivity index (χ3n) is 2.28. The van der Waals surface area contributed by atoms with Crippen LogP contribution in [0.15, 0.2) is 0 Å². The molecule has 0 spiro atoms. The first-order chi connectivity index (χ1) is 8.38. The van der Waals surface area contributed by atoms with E-state index in [0.29, 0.717) is 19.8 Å². The zero-order valence-corrected chi connectivity index (χ0v) is 10.6. The van der Waals surface area contributed by atoms with Gasteiger partial charge < -0.3 is 14.8 Å². The van der Waals surface area contributed by atoms with Gasteiger partial charge in [0.25, 0.3) is 0 Å². The smallest absolute Gasteiger partial charge is 0.165 e. The van der Waals surface area contributed by atoms with Gasteiger partial charge >= 0.3 is 0 Å². The van der Waals surface area contributed by atoms with E-state index in [1.165, 1.54) is 0 Å². The number of aromatic nitrogens is 4. The Bertz CT molecular complexity index is 292. The molecule has 0 aliphatic heterocycles. The summed E-state index contributed by atoms with van der Waals surface area (Å²) in [4.78, 5) is 0. The van der Waals surface area contributed by atoms with Crippen molar-refractivity contribution in [1.29, 1.82) is 0 Å². The van der Waals surface area contributed by atoms with Gasteiger partial charge in [0.05, 0.1) is 19.8 Å². The maximum Gasteiger partial charge on any atom is 0.165 e. The van der Waals surface area contributed by atoms with E-state index in [9.17, 15) is 0 Å². The largest absolute Gasteiger partial charge is 0.382 e. The maximum atomic E-state index is 5.37. The van der Waals surface area contributed by atoms with Gasteiger partial charge in [0.2, 0.25) is 0 Å². The first-order valence-corrected chi connectivity index (χ1v) is 5.84. The Hall–Kier alpha value is -1.05. The van der Waals surface area contributed by atoms with Crippen LogP contribution in [-0.4, -0.2) is 54.2 Å². The summed E-state index contributed by atoms with van der Waals surface area (Å²) in [6.07, 6.45) is 2.01. The van der Waals surface area contributed by atoms with E-state index in [4.69, 9.17) is 9.47 Å². The predicted octanol–water partition coefficient (Wildman–Crippen LogP) is -0.164. The van der Waals surface area contributed by atoms with Crippen molar-refractivity contribution < 1.29 is 9.47 Å². The lowest BCUT2D eigenvalue weighted by molar-refractivity contribution is 0.0683. The fraction of sp³-hybridized carbons (Fsp3) is 0.900. The van der Waals surface area contributed by atoms with Crippen LogP contribution in [0.3, 0.4) is 0 Å². The summed E-state index contributed by atoms with van der Waals surface area (Å²) in [7, 11) is 3.55. The number of ether oxygens (including phenoxy) is 2. The molecule has 0 fully saturated rings. The molecule has 1 aromatic heterocycles. The predicted molar refractivity (Wildman–Crippen MR) is 62.5 cm³/mol. The van der Waals surface area contributed by atoms with Gasteiger partial charge in [-0.1, -0.05) is 0 Å². The van der Waals surface area contributed by atoms with Crippen molar-refractivity contribution in [1.82, 2.24) is 25.5 Å². The average molecular weight is 243 g/mol. The maximum absolute atomic E-state index is 5.37. The molecule has 98 valence electrons. The molecule has 0 aromatic carbocycles. The lowest BCUT2D eigenvalue weighted by Crippen LogP contribution is -2.14. The lowest BCUT2D eigenvalue weighted by Gasteiger charge is -2.05. The number of aryl methyl sites for hydroxylation is 1. The lowest BCUT2D eigenvalue weighted by atomic mass is 10.3. The van der Waals surface area contributed by atoms with Gasteiger partial charge in [-0.2, -0.15) is 0 Å². The van der Waals surface area contributed by atoms with E-state index >= 15 is 0 Å². The van der Waals surface area contributed by atoms with Crippen molar-refractivity contribution in [2.24, 2.45) is 0 Å². The average Bonchev–Trinajstić information content (AvgIpc) is 2.76. The zero-order chi connectivity index (χ0) is 12.3. The minimum absolute atomic E-state index is 0.652. The van der Waals surface area contributed by atoms with Crippen LogP contribution in [0.2, 0.25) is 0 Å². The topological polar surface area (TPSA) is 74.1 Å². The Morgan fingerprint density at radius 1 is 1.24 bits per heavy atom. The highest BCUT2D eigenvalue weighted by Crippen LogP contribution is 1.97. The second-order valence-electron chi connectivity index (χ2n) is 3.66. The molecular formula is C10H21N5O2. The molecule has 0 bridgehead atoms. The summed E-state index contributed by atoms with van der Waals surface area (Å²) < 4.78 is 12.1. The fourth-order valence-corrected chi connectivity index (χ4v) is 1.39. The molecule has 1 rings (SSSR count). The van der Waals surface area contributed by atoms with Crippen LogP contribution in [0.25, 0.3) is 0 Å². The molecular weight excluding hydrogens is 222 g/mol. The molecule has 0 unspecified atom stereocenters. The number of nitrogens with one attached hydrogen (secondary N) is 1. The third kappa shape index (κ3) is 5.71. The highest BCUT2D eigenvalue weighted by Gasteiger charge is 2.03. The zero-order valence-electron chi connectivity index (χ0n) is 10.6. The molecule has 17 heavy (non-hydrogen) atoms. The highest BCUT2D eigenvalue weighted by molar-refractivity contribution is 4.78. The van der Waals surface area contributed by atoms with Crippen LogP contribution in [0.1, 0.15) is 18.7 Å². The van der Waals surface area contributed by atoms with Crippen molar-refractivity contribution >= 4 is 0 Å². The molecule has 1 heterocycles. The molecule has 7 nitrogen and oxygen atoms in total. The van der Waals surface area contributed by atoms with Crippen molar-refractivity contribution in [3.63, 3.8) is 0 Å². The van der Waals surface area contributed by atoms with E-state index in [1.807, 2.05) is 11.7 Å². The van der Waals surface area contributed by atoms with Crippen LogP contribution < -0.4 is 5.32 Å². The van der Waals surface area contributed by atoms with Crippen molar-refractivity contribution in [2.45, 2.75) is 25.9 Å². The normalized spacial score (nSPS) is 10.9. The molecule has 0 atom stereocenters. The summed E-state index contributed by atoms with van der Waals surface area (Å²) >= 11 is 0. The molecule has 0 aliphatic rings. The van der Waals surface area contributed by atoms with Crippen molar-refractivity contribution in [3.05, 3.63) is 5.82 Å². The number of hydrogen-bond donors (Lipinski definition) is 1. The van der Waals surface area contributed by atoms with Gasteiger partial charge in [-0.05, 0) is 30.3 Å². The van der Waals surface area contributed by atoms with Crippen LogP contribution >= 0.6 is 0 Å². The van der Waals surface area contributed by atoms with Gasteiger partial charge in [-0.3, -0.25) is 0 Å². The molecule has 0 saturated heterocycles. The summed E-state index contributed by atoms with van der Waals surface area (Å²) in [5.41, 5.74) is 0. The van der Waals surface area contributed by atoms with Crippen molar-refractivity contribution in [2.75, 3.05) is 34.0 Å². The first kappa shape index (κ1) is 14.0. The van der Waals surface area contributed by atoms with Crippen LogP contribution in [0, 0.1) is 0 Å². The van der Waals surface area contributed by atoms with Gasteiger partial charge in [0, 0.05) is 20.3 Å². The van der Waals surface area contributed by atoms with Crippen LogP contribution in [0.4, 0.5) is 0 Å². The number of methoxy groups -OCH3 is 1. The van der Waals surface area contributed by atoms with Crippen molar-refractivity contribution in [3.8, 4) is 0 Å². The summed E-state index contributed by atoms with van der Waals surface area (Å²) in [5, 5.41) is 14.6. The minimum atomic E-state index is 0.652. The van der Waals surface area contributed by atoms with Crippen LogP contribution in [-0.2, 0) is 22.6 Å². The number of rotatable bonds is 10. The molecule has 1 N–H and O–H groups in total. The Labute approximate surface area is 101 Å². The second-order valence-corrected chi connectivity index (χ2v) is 3.66. The SMILES string of the molecule is CNCc1nnnn1CCCCOCCOC. The Kier molecular flexibility index (Phi) is 7.44. The number of unbranched alkanes of at least 4 members (excludes halogenated alkanes) is 1. The quantitative estimate of drug-likeness (QED) is 0.575.